The lowest BCUT2D eigenvalue weighted by molar-refractivity contribution is 0.0571. The Bertz CT molecular complexity index is 1140. The summed E-state index contributed by atoms with van der Waals surface area (Å²) in [5.41, 5.74) is 1.01. The predicted molar refractivity (Wildman–Crippen MR) is 127 cm³/mol. The van der Waals surface area contributed by atoms with Crippen molar-refractivity contribution in [2.24, 2.45) is 0 Å². The fraction of sp³-hybridized carbons (Fsp3) is 0.478. The third-order valence-corrected chi connectivity index (χ3v) is 6.04. The van der Waals surface area contributed by atoms with Crippen LogP contribution in [0.15, 0.2) is 29.6 Å². The van der Waals surface area contributed by atoms with Crippen LogP contribution in [-0.2, 0) is 11.3 Å². The first kappa shape index (κ1) is 21.8. The monoisotopic (exact) mass is 472 g/mol. The summed E-state index contributed by atoms with van der Waals surface area (Å²) >= 11 is 1.40. The quantitative estimate of drug-likeness (QED) is 0.481. The normalized spacial score (nSPS) is 20.7. The zero-order valence-electron chi connectivity index (χ0n) is 20.7. The maximum Gasteiger partial charge on any atom is 0.414 e. The largest absolute Gasteiger partial charge is 0.495 e. The number of benzene rings is 1. The van der Waals surface area contributed by atoms with Gasteiger partial charge in [-0.05, 0) is 39.5 Å². The molecule has 2 aliphatic rings. The van der Waals surface area contributed by atoms with Crippen molar-refractivity contribution in [3.8, 4) is 5.75 Å². The molecule has 0 bridgehead atoms. The van der Waals surface area contributed by atoms with Crippen molar-refractivity contribution in [3.05, 3.63) is 35.5 Å². The van der Waals surface area contributed by atoms with E-state index in [1.807, 2.05) is 6.26 Å². The van der Waals surface area contributed by atoms with E-state index in [-0.39, 0.29) is 25.5 Å². The van der Waals surface area contributed by atoms with Gasteiger partial charge in [0.05, 0.1) is 26.7 Å². The van der Waals surface area contributed by atoms with Crippen LogP contribution in [0, 0.1) is 0 Å². The van der Waals surface area contributed by atoms with Crippen molar-refractivity contribution >= 4 is 35.4 Å². The number of anilines is 2. The van der Waals surface area contributed by atoms with Crippen LogP contribution >= 0.6 is 11.8 Å². The van der Waals surface area contributed by atoms with Crippen molar-refractivity contribution in [2.45, 2.75) is 50.5 Å². The second kappa shape index (κ2) is 8.74. The van der Waals surface area contributed by atoms with Gasteiger partial charge in [0, 0.05) is 30.9 Å². The Morgan fingerprint density at radius 3 is 2.76 bits per heavy atom. The molecule has 0 N–H and O–H groups in total. The fourth-order valence-corrected chi connectivity index (χ4v) is 4.38. The molecule has 1 aromatic carbocycles. The lowest BCUT2D eigenvalue weighted by Crippen LogP contribution is -2.50. The average molecular weight is 473 g/mol. The standard InChI is InChI=1S/C23H29N5O4S/c1-23(2,3)32-22(30)27-11-10-16(15-8-7-9-17(31-5)18(15)27)28-13-14-12-24-20(33-6)25-19(14)26(4)21(28)29/h7-9,12,16H,10-11,13H2,1-6H3/i16D. The van der Waals surface area contributed by atoms with E-state index in [4.69, 9.17) is 9.47 Å². The zero-order valence-corrected chi connectivity index (χ0v) is 20.5. The molecule has 0 radical (unpaired) electrons. The summed E-state index contributed by atoms with van der Waals surface area (Å²) in [5, 5.41) is 0.577. The molecule has 3 amide bonds. The van der Waals surface area contributed by atoms with Gasteiger partial charge in [0.2, 0.25) is 0 Å². The summed E-state index contributed by atoms with van der Waals surface area (Å²) in [7, 11) is 3.16. The van der Waals surface area contributed by atoms with E-state index in [0.29, 0.717) is 28.0 Å². The molecule has 9 nitrogen and oxygen atoms in total. The number of nitrogens with zero attached hydrogens (tertiary/aromatic N) is 5. The number of thioether (sulfide) groups is 1. The van der Waals surface area contributed by atoms with E-state index < -0.39 is 17.7 Å². The molecule has 0 aliphatic carbocycles. The second-order valence-corrected chi connectivity index (χ2v) is 9.59. The van der Waals surface area contributed by atoms with Crippen molar-refractivity contribution in [1.29, 1.82) is 0 Å². The Labute approximate surface area is 199 Å². The van der Waals surface area contributed by atoms with Crippen LogP contribution in [0.2, 0.25) is 0 Å². The predicted octanol–water partition coefficient (Wildman–Crippen LogP) is 4.47. The number of hydrogen-bond acceptors (Lipinski definition) is 7. The number of methoxy groups -OCH3 is 1. The van der Waals surface area contributed by atoms with Crippen LogP contribution in [0.1, 0.15) is 45.7 Å². The highest BCUT2D eigenvalue weighted by molar-refractivity contribution is 7.98. The number of ether oxygens (including phenoxy) is 2. The van der Waals surface area contributed by atoms with Crippen molar-refractivity contribution in [3.63, 3.8) is 0 Å². The first-order chi connectivity index (χ1) is 16.0. The molecule has 2 aliphatic heterocycles. The van der Waals surface area contributed by atoms with E-state index in [0.717, 1.165) is 5.56 Å². The summed E-state index contributed by atoms with van der Waals surface area (Å²) in [6.45, 7) is 5.78. The highest BCUT2D eigenvalue weighted by Crippen LogP contribution is 2.45. The summed E-state index contributed by atoms with van der Waals surface area (Å²) in [6.07, 6.45) is 3.26. The second-order valence-electron chi connectivity index (χ2n) is 8.82. The maximum atomic E-state index is 13.5. The number of para-hydroxylation sites is 1. The van der Waals surface area contributed by atoms with Gasteiger partial charge in [-0.1, -0.05) is 23.9 Å². The topological polar surface area (TPSA) is 88.1 Å². The van der Waals surface area contributed by atoms with Gasteiger partial charge in [0.15, 0.2) is 5.16 Å². The van der Waals surface area contributed by atoms with Gasteiger partial charge in [0.1, 0.15) is 17.2 Å². The number of aromatic nitrogens is 2. The number of carbonyl (C=O) groups excluding carboxylic acids is 2. The smallest absolute Gasteiger partial charge is 0.414 e. The molecule has 0 saturated heterocycles. The van der Waals surface area contributed by atoms with Gasteiger partial charge >= 0.3 is 12.1 Å². The van der Waals surface area contributed by atoms with Crippen LogP contribution < -0.4 is 14.5 Å². The minimum Gasteiger partial charge on any atom is -0.495 e. The maximum absolute atomic E-state index is 13.5. The molecule has 176 valence electrons. The SMILES string of the molecule is [2H]C1(N2Cc3cnc(SC)nc3N(C)C2=O)CCN(C(=O)OC(C)(C)C)c2c(OC)cccc21. The molecule has 1 aromatic heterocycles. The molecule has 10 heteroatoms. The molecule has 1 unspecified atom stereocenters. The van der Waals surface area contributed by atoms with Crippen molar-refractivity contribution in [2.75, 3.05) is 36.8 Å². The zero-order chi connectivity index (χ0) is 24.8. The number of rotatable bonds is 3. The Kier molecular flexibility index (Phi) is 5.77. The lowest BCUT2D eigenvalue weighted by Gasteiger charge is -2.43. The third-order valence-electron chi connectivity index (χ3n) is 5.48. The number of carbonyl (C=O) groups is 2. The average Bonchev–Trinajstić information content (AvgIpc) is 2.79. The molecule has 1 atom stereocenters. The highest BCUT2D eigenvalue weighted by Gasteiger charge is 2.41. The number of amides is 3. The van der Waals surface area contributed by atoms with Gasteiger partial charge in [-0.25, -0.2) is 19.6 Å². The van der Waals surface area contributed by atoms with E-state index >= 15 is 0 Å². The first-order valence-corrected chi connectivity index (χ1v) is 11.9. The van der Waals surface area contributed by atoms with Crippen LogP contribution in [0.3, 0.4) is 0 Å². The molecule has 3 heterocycles. The Morgan fingerprint density at radius 2 is 2.09 bits per heavy atom. The van der Waals surface area contributed by atoms with Crippen LogP contribution in [0.4, 0.5) is 21.1 Å². The molecule has 0 saturated carbocycles. The van der Waals surface area contributed by atoms with Gasteiger partial charge < -0.3 is 14.4 Å². The lowest BCUT2D eigenvalue weighted by atomic mass is 9.93. The molecular weight excluding hydrogens is 442 g/mol. The number of hydrogen-bond donors (Lipinski definition) is 0. The van der Waals surface area contributed by atoms with Crippen LogP contribution in [0.5, 0.6) is 5.75 Å². The fourth-order valence-electron chi connectivity index (χ4n) is 4.05. The minimum atomic E-state index is -1.44. The summed E-state index contributed by atoms with van der Waals surface area (Å²) in [5.74, 6) is 0.979. The number of urea groups is 1. The van der Waals surface area contributed by atoms with Gasteiger partial charge in [-0.15, -0.1) is 0 Å². The third kappa shape index (κ3) is 4.31. The van der Waals surface area contributed by atoms with Crippen LogP contribution in [-0.4, -0.2) is 59.6 Å². The minimum absolute atomic E-state index is 0.180. The molecule has 4 rings (SSSR count). The Morgan fingerprint density at radius 1 is 1.33 bits per heavy atom. The van der Waals surface area contributed by atoms with Gasteiger partial charge in [0.25, 0.3) is 0 Å². The van der Waals surface area contributed by atoms with E-state index in [9.17, 15) is 11.0 Å². The van der Waals surface area contributed by atoms with E-state index in [1.54, 1.807) is 52.2 Å². The molecule has 0 fully saturated rings. The molecule has 0 spiro atoms. The first-order valence-electron chi connectivity index (χ1n) is 11.1. The summed E-state index contributed by atoms with van der Waals surface area (Å²) in [6, 6.07) is 3.48. The Hall–Kier alpha value is -3.01. The number of fused-ring (bicyclic) bond motifs is 2. The molecule has 33 heavy (non-hydrogen) atoms. The highest BCUT2D eigenvalue weighted by atomic mass is 32.2. The molecule has 2 aromatic rings. The molecular formula is C23H29N5O4S. The van der Waals surface area contributed by atoms with Crippen molar-refractivity contribution in [1.82, 2.24) is 14.9 Å². The van der Waals surface area contributed by atoms with Gasteiger partial charge in [-0.2, -0.15) is 0 Å². The summed E-state index contributed by atoms with van der Waals surface area (Å²) < 4.78 is 20.7. The van der Waals surface area contributed by atoms with Crippen molar-refractivity contribution < 1.29 is 20.4 Å². The van der Waals surface area contributed by atoms with E-state index in [1.165, 1.54) is 33.6 Å². The Balaban J connectivity index is 1.79. The summed E-state index contributed by atoms with van der Waals surface area (Å²) in [4.78, 5) is 39.8. The van der Waals surface area contributed by atoms with Crippen LogP contribution in [0.25, 0.3) is 0 Å². The van der Waals surface area contributed by atoms with Gasteiger partial charge in [-0.3, -0.25) is 9.80 Å². The van der Waals surface area contributed by atoms with E-state index in [2.05, 4.69) is 9.97 Å².